The fourth-order valence-corrected chi connectivity index (χ4v) is 9.33. The molecule has 0 aliphatic heterocycles. The molecule has 56 valence electrons. The minimum absolute atomic E-state index is 1.04. The van der Waals surface area contributed by atoms with E-state index >= 15 is 0 Å². The van der Waals surface area contributed by atoms with Gasteiger partial charge in [0, 0.05) is 0 Å². The first-order valence-electron chi connectivity index (χ1n) is 2.71. The van der Waals surface area contributed by atoms with Gasteiger partial charge < -0.3 is 0 Å². The summed E-state index contributed by atoms with van der Waals surface area (Å²) in [6, 6.07) is 0. The average molecular weight is 221 g/mol. The molecule has 0 bridgehead atoms. The van der Waals surface area contributed by atoms with E-state index in [0.717, 1.165) is 11.5 Å². The van der Waals surface area contributed by atoms with Crippen LogP contribution in [-0.4, -0.2) is 11.5 Å². The first-order chi connectivity index (χ1) is 4.12. The van der Waals surface area contributed by atoms with Crippen molar-refractivity contribution < 1.29 is 0 Å². The van der Waals surface area contributed by atoms with E-state index in [1.54, 1.807) is 22.8 Å². The van der Waals surface area contributed by atoms with Gasteiger partial charge in [0.05, 0.1) is 0 Å². The third-order valence-electron chi connectivity index (χ3n) is 0.567. The summed E-state index contributed by atoms with van der Waals surface area (Å²) < 4.78 is -1.55. The van der Waals surface area contributed by atoms with Crippen molar-refractivity contribution in [1.29, 1.82) is 0 Å². The number of hydrogen-bond acceptors (Lipinski definition) is 3. The van der Waals surface area contributed by atoms with Crippen LogP contribution in [0.25, 0.3) is 0 Å². The lowest BCUT2D eigenvalue weighted by atomic mass is 11.0. The molecule has 0 saturated carbocycles. The SMILES string of the molecule is CCSP(=S)(Cl)SCC. The molecular formula is C4H10ClPS3. The van der Waals surface area contributed by atoms with Crippen LogP contribution in [0.3, 0.4) is 0 Å². The third-order valence-corrected chi connectivity index (χ3v) is 10.7. The first kappa shape index (κ1) is 10.6. The molecule has 0 aromatic carbocycles. The van der Waals surface area contributed by atoms with Crippen LogP contribution in [0.2, 0.25) is 0 Å². The molecule has 0 aliphatic carbocycles. The van der Waals surface area contributed by atoms with Gasteiger partial charge in [0.2, 0.25) is 0 Å². The smallest absolute Gasteiger partial charge is 0.0998 e. The van der Waals surface area contributed by atoms with Crippen molar-refractivity contribution in [2.75, 3.05) is 11.5 Å². The van der Waals surface area contributed by atoms with Gasteiger partial charge in [-0.3, -0.25) is 0 Å². The fraction of sp³-hybridized carbons (Fsp3) is 1.00. The number of halogens is 1. The standard InChI is InChI=1S/C4H10ClPS3/c1-3-8-6(5,7)9-4-2/h3-4H2,1-2H3. The highest BCUT2D eigenvalue weighted by atomic mass is 35.7. The molecule has 9 heavy (non-hydrogen) atoms. The van der Waals surface area contributed by atoms with Crippen LogP contribution in [0.1, 0.15) is 13.8 Å². The molecule has 0 atom stereocenters. The lowest BCUT2D eigenvalue weighted by Crippen LogP contribution is -1.63. The van der Waals surface area contributed by atoms with Crippen LogP contribution in [0, 0.1) is 0 Å². The van der Waals surface area contributed by atoms with Crippen molar-refractivity contribution in [3.63, 3.8) is 0 Å². The maximum Gasteiger partial charge on any atom is 0.140 e. The summed E-state index contributed by atoms with van der Waals surface area (Å²) in [6.07, 6.45) is 0. The van der Waals surface area contributed by atoms with Crippen LogP contribution in [0.4, 0.5) is 0 Å². The van der Waals surface area contributed by atoms with Gasteiger partial charge in [0.15, 0.2) is 0 Å². The zero-order valence-corrected chi connectivity index (χ0v) is 9.56. The average Bonchev–Trinajstić information content (AvgIpc) is 1.64. The molecule has 0 spiro atoms. The van der Waals surface area contributed by atoms with E-state index in [4.69, 9.17) is 23.0 Å². The second-order valence-corrected chi connectivity index (χ2v) is 15.7. The first-order valence-corrected chi connectivity index (χ1v) is 9.60. The zero-order chi connectivity index (χ0) is 7.33. The summed E-state index contributed by atoms with van der Waals surface area (Å²) >= 11 is 14.6. The molecule has 0 amide bonds. The van der Waals surface area contributed by atoms with E-state index < -0.39 is 3.79 Å². The van der Waals surface area contributed by atoms with E-state index in [9.17, 15) is 0 Å². The second kappa shape index (κ2) is 5.31. The normalized spacial score (nSPS) is 11.9. The predicted octanol–water partition coefficient (Wildman–Crippen LogP) is 3.96. The fourth-order valence-electron chi connectivity index (χ4n) is 0.346. The Balaban J connectivity index is 3.58. The Morgan fingerprint density at radius 2 is 1.67 bits per heavy atom. The molecule has 0 aliphatic rings. The van der Waals surface area contributed by atoms with E-state index in [2.05, 4.69) is 13.8 Å². The number of hydrogen-bond donors (Lipinski definition) is 0. The zero-order valence-electron chi connectivity index (χ0n) is 5.46. The molecule has 5 heteroatoms. The molecule has 0 aromatic rings. The monoisotopic (exact) mass is 220 g/mol. The van der Waals surface area contributed by atoms with Crippen LogP contribution in [0.15, 0.2) is 0 Å². The lowest BCUT2D eigenvalue weighted by Gasteiger charge is -2.08. The van der Waals surface area contributed by atoms with Crippen LogP contribution < -0.4 is 0 Å². The lowest BCUT2D eigenvalue weighted by molar-refractivity contribution is 1.54. The maximum absolute atomic E-state index is 5.99. The maximum atomic E-state index is 5.99. The van der Waals surface area contributed by atoms with Crippen LogP contribution in [-0.2, 0) is 11.8 Å². The Bertz CT molecular complexity index is 106. The summed E-state index contributed by atoms with van der Waals surface area (Å²) in [7, 11) is 0. The second-order valence-electron chi connectivity index (χ2n) is 1.27. The summed E-state index contributed by atoms with van der Waals surface area (Å²) in [4.78, 5) is 0. The van der Waals surface area contributed by atoms with Gasteiger partial charge in [0.25, 0.3) is 0 Å². The molecular weight excluding hydrogens is 211 g/mol. The highest BCUT2D eigenvalue weighted by molar-refractivity contribution is 9.06. The van der Waals surface area contributed by atoms with E-state index in [1.165, 1.54) is 0 Å². The highest BCUT2D eigenvalue weighted by Crippen LogP contribution is 2.73. The van der Waals surface area contributed by atoms with Crippen molar-refractivity contribution in [1.82, 2.24) is 0 Å². The molecule has 0 nitrogen and oxygen atoms in total. The highest BCUT2D eigenvalue weighted by Gasteiger charge is 2.10. The van der Waals surface area contributed by atoms with E-state index in [1.807, 2.05) is 0 Å². The molecule has 0 rings (SSSR count). The van der Waals surface area contributed by atoms with Gasteiger partial charge in [-0.1, -0.05) is 59.7 Å². The van der Waals surface area contributed by atoms with Crippen molar-refractivity contribution in [2.24, 2.45) is 0 Å². The van der Waals surface area contributed by atoms with Crippen molar-refractivity contribution in [2.45, 2.75) is 13.8 Å². The van der Waals surface area contributed by atoms with Gasteiger partial charge in [-0.05, 0) is 11.5 Å². The number of rotatable bonds is 4. The topological polar surface area (TPSA) is 0 Å². The molecule has 0 N–H and O–H groups in total. The minimum atomic E-state index is -1.55. The van der Waals surface area contributed by atoms with Gasteiger partial charge in [-0.25, -0.2) is 0 Å². The molecule has 0 fully saturated rings. The van der Waals surface area contributed by atoms with Crippen molar-refractivity contribution in [3.05, 3.63) is 0 Å². The summed E-state index contributed by atoms with van der Waals surface area (Å²) in [6.45, 7) is 4.18. The Morgan fingerprint density at radius 3 is 1.89 bits per heavy atom. The summed E-state index contributed by atoms with van der Waals surface area (Å²) in [5.41, 5.74) is 0. The molecule has 0 heterocycles. The Morgan fingerprint density at radius 1 is 1.33 bits per heavy atom. The Kier molecular flexibility index (Phi) is 6.28. The predicted molar refractivity (Wildman–Crippen MR) is 56.4 cm³/mol. The minimum Gasteiger partial charge on any atom is -0.0998 e. The molecule has 0 saturated heterocycles. The van der Waals surface area contributed by atoms with Crippen molar-refractivity contribution in [3.8, 4) is 0 Å². The Hall–Kier alpha value is 1.64. The van der Waals surface area contributed by atoms with Crippen LogP contribution in [0.5, 0.6) is 0 Å². The Labute approximate surface area is 74.8 Å². The molecule has 0 aromatic heterocycles. The van der Waals surface area contributed by atoms with Gasteiger partial charge in [-0.2, -0.15) is 0 Å². The van der Waals surface area contributed by atoms with E-state index in [0.29, 0.717) is 0 Å². The summed E-state index contributed by atoms with van der Waals surface area (Å²) in [5.74, 6) is 2.07. The summed E-state index contributed by atoms with van der Waals surface area (Å²) in [5, 5.41) is 0. The third kappa shape index (κ3) is 6.05. The van der Waals surface area contributed by atoms with Crippen LogP contribution >= 0.6 is 37.8 Å². The van der Waals surface area contributed by atoms with Gasteiger partial charge in [0.1, 0.15) is 3.79 Å². The quantitative estimate of drug-likeness (QED) is 0.659. The largest absolute Gasteiger partial charge is 0.140 e. The van der Waals surface area contributed by atoms with Gasteiger partial charge in [-0.15, -0.1) is 0 Å². The van der Waals surface area contributed by atoms with Gasteiger partial charge >= 0.3 is 0 Å². The molecule has 0 unspecified atom stereocenters. The van der Waals surface area contributed by atoms with Crippen molar-refractivity contribution >= 4 is 49.6 Å². The molecule has 0 radical (unpaired) electrons. The van der Waals surface area contributed by atoms with E-state index in [-0.39, 0.29) is 0 Å².